The molecule has 0 aliphatic carbocycles. The first kappa shape index (κ1) is 11.2. The van der Waals surface area contributed by atoms with Crippen LogP contribution >= 0.6 is 12.2 Å². The first-order valence-electron chi connectivity index (χ1n) is 5.55. The summed E-state index contributed by atoms with van der Waals surface area (Å²) in [7, 11) is 1.53. The van der Waals surface area contributed by atoms with E-state index in [-0.39, 0.29) is 4.77 Å². The van der Waals surface area contributed by atoms with Crippen molar-refractivity contribution in [3.05, 3.63) is 28.5 Å². The zero-order valence-electron chi connectivity index (χ0n) is 9.77. The molecule has 1 aliphatic heterocycles. The molecule has 0 atom stereocenters. The lowest BCUT2D eigenvalue weighted by Gasteiger charge is -2.08. The van der Waals surface area contributed by atoms with Crippen LogP contribution in [0.5, 0.6) is 11.8 Å². The van der Waals surface area contributed by atoms with Gasteiger partial charge in [0, 0.05) is 6.42 Å². The third kappa shape index (κ3) is 1.84. The number of hydrogen-bond acceptors (Lipinski definition) is 5. The van der Waals surface area contributed by atoms with Crippen molar-refractivity contribution in [1.29, 1.82) is 0 Å². The fourth-order valence-corrected chi connectivity index (χ4v) is 2.16. The van der Waals surface area contributed by atoms with Crippen LogP contribution < -0.4 is 9.47 Å². The lowest BCUT2D eigenvalue weighted by Crippen LogP contribution is -1.99. The van der Waals surface area contributed by atoms with Crippen molar-refractivity contribution in [2.45, 2.75) is 6.42 Å². The van der Waals surface area contributed by atoms with Gasteiger partial charge in [0.2, 0.25) is 4.77 Å². The summed E-state index contributed by atoms with van der Waals surface area (Å²) in [6.07, 6.45) is 0.923. The number of rotatable bonds is 2. The van der Waals surface area contributed by atoms with Crippen LogP contribution in [0.25, 0.3) is 11.4 Å². The number of ether oxygens (including phenoxy) is 2. The molecular weight excluding hydrogens is 250 g/mol. The maximum absolute atomic E-state index is 5.64. The van der Waals surface area contributed by atoms with Gasteiger partial charge in [0.05, 0.1) is 19.3 Å². The Hall–Kier alpha value is -1.95. The van der Waals surface area contributed by atoms with Crippen LogP contribution in [0.3, 0.4) is 0 Å². The largest absolute Gasteiger partial charge is 0.492 e. The summed E-state index contributed by atoms with van der Waals surface area (Å²) < 4.78 is 11.0. The molecule has 0 spiro atoms. The summed E-state index contributed by atoms with van der Waals surface area (Å²) in [6.45, 7) is 0.704. The number of hydrogen-bond donors (Lipinski definition) is 1. The maximum atomic E-state index is 5.64. The summed E-state index contributed by atoms with van der Waals surface area (Å²) in [5, 5.41) is 0. The number of benzene rings is 1. The third-order valence-corrected chi connectivity index (χ3v) is 2.98. The molecule has 0 saturated carbocycles. The Balaban J connectivity index is 2.18. The average Bonchev–Trinajstić information content (AvgIpc) is 2.85. The monoisotopic (exact) mass is 261 g/mol. The highest BCUT2D eigenvalue weighted by Gasteiger charge is 2.18. The molecule has 1 N–H and O–H groups in total. The number of aromatic nitrogens is 3. The van der Waals surface area contributed by atoms with Gasteiger partial charge in [-0.25, -0.2) is 0 Å². The number of methoxy groups -OCH3 is 1. The molecule has 1 aromatic carbocycles. The van der Waals surface area contributed by atoms with E-state index in [4.69, 9.17) is 21.7 Å². The fraction of sp³-hybridized carbons (Fsp3) is 0.250. The van der Waals surface area contributed by atoms with Gasteiger partial charge in [-0.3, -0.25) is 4.98 Å². The first-order valence-corrected chi connectivity index (χ1v) is 5.96. The number of para-hydroxylation sites is 1. The van der Waals surface area contributed by atoms with Gasteiger partial charge in [-0.15, -0.1) is 0 Å². The molecule has 0 bridgehead atoms. The minimum Gasteiger partial charge on any atom is -0.492 e. The van der Waals surface area contributed by atoms with Crippen molar-refractivity contribution in [2.24, 2.45) is 0 Å². The Morgan fingerprint density at radius 1 is 1.39 bits per heavy atom. The van der Waals surface area contributed by atoms with Crippen LogP contribution in [0.4, 0.5) is 0 Å². The van der Waals surface area contributed by atoms with Crippen LogP contribution in [0, 0.1) is 4.77 Å². The number of fused-ring (bicyclic) bond motifs is 1. The molecule has 0 saturated heterocycles. The fourth-order valence-electron chi connectivity index (χ4n) is 1.99. The van der Waals surface area contributed by atoms with Crippen LogP contribution in [0.2, 0.25) is 0 Å². The summed E-state index contributed by atoms with van der Waals surface area (Å²) in [5.74, 6) is 1.48. The summed E-state index contributed by atoms with van der Waals surface area (Å²) in [5.41, 5.74) is 2.07. The molecule has 0 radical (unpaired) electrons. The SMILES string of the molecule is COc1nc(=S)nc(-c2cccc3c2OCC3)[nH]1. The average molecular weight is 261 g/mol. The lowest BCUT2D eigenvalue weighted by molar-refractivity contribution is 0.357. The molecule has 92 valence electrons. The third-order valence-electron chi connectivity index (χ3n) is 2.79. The van der Waals surface area contributed by atoms with E-state index in [1.54, 1.807) is 0 Å². The lowest BCUT2D eigenvalue weighted by atomic mass is 10.1. The van der Waals surface area contributed by atoms with Crippen LogP contribution in [-0.2, 0) is 6.42 Å². The Morgan fingerprint density at radius 3 is 3.11 bits per heavy atom. The zero-order chi connectivity index (χ0) is 12.5. The Bertz CT molecular complexity index is 654. The molecule has 0 amide bonds. The van der Waals surface area contributed by atoms with Crippen molar-refractivity contribution in [2.75, 3.05) is 13.7 Å². The Morgan fingerprint density at radius 2 is 2.28 bits per heavy atom. The predicted octanol–water partition coefficient (Wildman–Crippen LogP) is 2.14. The molecule has 1 aromatic heterocycles. The predicted molar refractivity (Wildman–Crippen MR) is 68.4 cm³/mol. The molecule has 0 fully saturated rings. The van der Waals surface area contributed by atoms with E-state index >= 15 is 0 Å². The normalized spacial score (nSPS) is 12.9. The smallest absolute Gasteiger partial charge is 0.297 e. The maximum Gasteiger partial charge on any atom is 0.297 e. The number of H-pyrrole nitrogens is 1. The van der Waals surface area contributed by atoms with Gasteiger partial charge in [-0.2, -0.15) is 9.97 Å². The van der Waals surface area contributed by atoms with Gasteiger partial charge in [-0.05, 0) is 23.8 Å². The van der Waals surface area contributed by atoms with Crippen LogP contribution in [0.15, 0.2) is 18.2 Å². The molecule has 18 heavy (non-hydrogen) atoms. The van der Waals surface area contributed by atoms with Crippen molar-refractivity contribution >= 4 is 12.2 Å². The van der Waals surface area contributed by atoms with E-state index in [0.29, 0.717) is 18.4 Å². The van der Waals surface area contributed by atoms with E-state index in [0.717, 1.165) is 17.7 Å². The molecular formula is C12H11N3O2S. The molecule has 3 rings (SSSR count). The molecule has 0 unspecified atom stereocenters. The Labute approximate surface area is 109 Å². The van der Waals surface area contributed by atoms with Gasteiger partial charge >= 0.3 is 0 Å². The summed E-state index contributed by atoms with van der Waals surface area (Å²) in [6, 6.07) is 6.32. The van der Waals surface area contributed by atoms with Gasteiger partial charge in [0.25, 0.3) is 6.01 Å². The van der Waals surface area contributed by atoms with Crippen molar-refractivity contribution in [3.8, 4) is 23.1 Å². The highest BCUT2D eigenvalue weighted by Crippen LogP contribution is 2.35. The van der Waals surface area contributed by atoms with Gasteiger partial charge in [0.1, 0.15) is 11.6 Å². The standard InChI is InChI=1S/C12H11N3O2S/c1-16-11-13-10(14-12(18)15-11)8-4-2-3-7-5-6-17-9(7)8/h2-4H,5-6H2,1H3,(H,13,14,15,18). The van der Waals surface area contributed by atoms with E-state index in [2.05, 4.69) is 21.0 Å². The van der Waals surface area contributed by atoms with Gasteiger partial charge in [0.15, 0.2) is 0 Å². The number of nitrogens with one attached hydrogen (secondary N) is 1. The van der Waals surface area contributed by atoms with Gasteiger partial charge in [-0.1, -0.05) is 12.1 Å². The molecule has 1 aliphatic rings. The van der Waals surface area contributed by atoms with E-state index < -0.39 is 0 Å². The molecule has 2 aromatic rings. The summed E-state index contributed by atoms with van der Waals surface area (Å²) in [4.78, 5) is 11.2. The van der Waals surface area contributed by atoms with Gasteiger partial charge < -0.3 is 9.47 Å². The zero-order valence-corrected chi connectivity index (χ0v) is 10.6. The second-order valence-electron chi connectivity index (χ2n) is 3.88. The second kappa shape index (κ2) is 4.38. The summed E-state index contributed by atoms with van der Waals surface area (Å²) >= 11 is 5.02. The van der Waals surface area contributed by atoms with Crippen molar-refractivity contribution < 1.29 is 9.47 Å². The minimum absolute atomic E-state index is 0.246. The van der Waals surface area contributed by atoms with Crippen molar-refractivity contribution in [1.82, 2.24) is 15.0 Å². The second-order valence-corrected chi connectivity index (χ2v) is 4.25. The molecule has 6 heteroatoms. The minimum atomic E-state index is 0.246. The highest BCUT2D eigenvalue weighted by atomic mass is 32.1. The van der Waals surface area contributed by atoms with E-state index in [1.807, 2.05) is 12.1 Å². The quantitative estimate of drug-likeness (QED) is 0.839. The molecule has 2 heterocycles. The van der Waals surface area contributed by atoms with E-state index in [1.165, 1.54) is 12.7 Å². The number of nitrogens with zero attached hydrogens (tertiary/aromatic N) is 2. The Kier molecular flexibility index (Phi) is 2.71. The topological polar surface area (TPSA) is 60.0 Å². The van der Waals surface area contributed by atoms with E-state index in [9.17, 15) is 0 Å². The van der Waals surface area contributed by atoms with Crippen LogP contribution in [0.1, 0.15) is 5.56 Å². The van der Waals surface area contributed by atoms with Crippen molar-refractivity contribution in [3.63, 3.8) is 0 Å². The number of aromatic amines is 1. The highest BCUT2D eigenvalue weighted by molar-refractivity contribution is 7.71. The first-order chi connectivity index (χ1) is 8.78. The molecule has 5 nitrogen and oxygen atoms in total. The van der Waals surface area contributed by atoms with Crippen LogP contribution in [-0.4, -0.2) is 28.7 Å².